The van der Waals surface area contributed by atoms with Gasteiger partial charge in [-0.25, -0.2) is 4.79 Å². The van der Waals surface area contributed by atoms with Gasteiger partial charge in [0, 0.05) is 23.7 Å². The maximum absolute atomic E-state index is 12.8. The van der Waals surface area contributed by atoms with Gasteiger partial charge in [0.15, 0.2) is 5.78 Å². The molecule has 2 rings (SSSR count). The first-order chi connectivity index (χ1) is 12.8. The van der Waals surface area contributed by atoms with Crippen LogP contribution in [0, 0.1) is 11.8 Å². The van der Waals surface area contributed by atoms with Crippen LogP contribution in [0.25, 0.3) is 0 Å². The van der Waals surface area contributed by atoms with E-state index < -0.39 is 6.04 Å². The summed E-state index contributed by atoms with van der Waals surface area (Å²) in [5.41, 5.74) is 0.513. The fourth-order valence-corrected chi connectivity index (χ4v) is 3.26. The quantitative estimate of drug-likeness (QED) is 0.591. The molecule has 1 N–H and O–H groups in total. The van der Waals surface area contributed by atoms with E-state index in [2.05, 4.69) is 5.32 Å². The molecule has 1 aliphatic heterocycles. The molecule has 1 heterocycles. The number of piperidine rings is 1. The summed E-state index contributed by atoms with van der Waals surface area (Å²) < 4.78 is 5.05. The van der Waals surface area contributed by atoms with E-state index in [-0.39, 0.29) is 29.6 Å². The van der Waals surface area contributed by atoms with Crippen LogP contribution in [0.2, 0.25) is 5.02 Å². The Kier molecular flexibility index (Phi) is 7.66. The minimum Gasteiger partial charge on any atom is -0.466 e. The summed E-state index contributed by atoms with van der Waals surface area (Å²) in [6.45, 7) is 6.87. The molecule has 6 nitrogen and oxygen atoms in total. The summed E-state index contributed by atoms with van der Waals surface area (Å²) in [7, 11) is 0. The molecule has 1 atom stereocenters. The maximum Gasteiger partial charge on any atom is 0.318 e. The van der Waals surface area contributed by atoms with Gasteiger partial charge in [-0.05, 0) is 49.9 Å². The van der Waals surface area contributed by atoms with Crippen molar-refractivity contribution in [2.24, 2.45) is 11.8 Å². The summed E-state index contributed by atoms with van der Waals surface area (Å²) in [5, 5.41) is 3.41. The van der Waals surface area contributed by atoms with Gasteiger partial charge in [0.05, 0.1) is 18.6 Å². The Balaban J connectivity index is 1.96. The van der Waals surface area contributed by atoms with Gasteiger partial charge < -0.3 is 15.0 Å². The van der Waals surface area contributed by atoms with Crippen molar-refractivity contribution in [1.82, 2.24) is 10.2 Å². The second-order valence-electron chi connectivity index (χ2n) is 7.06. The van der Waals surface area contributed by atoms with Gasteiger partial charge >= 0.3 is 12.0 Å². The number of esters is 1. The predicted octanol–water partition coefficient (Wildman–Crippen LogP) is 3.53. The van der Waals surface area contributed by atoms with Crippen LogP contribution in [0.3, 0.4) is 0 Å². The zero-order chi connectivity index (χ0) is 20.0. The Hall–Kier alpha value is -2.08. The van der Waals surface area contributed by atoms with E-state index >= 15 is 0 Å². The van der Waals surface area contributed by atoms with E-state index in [1.807, 2.05) is 13.8 Å². The predicted molar refractivity (Wildman–Crippen MR) is 104 cm³/mol. The number of rotatable bonds is 6. The highest BCUT2D eigenvalue weighted by Crippen LogP contribution is 2.20. The maximum atomic E-state index is 12.8. The molecule has 1 saturated heterocycles. The number of carbonyl (C=O) groups excluding carboxylic acids is 3. The van der Waals surface area contributed by atoms with Crippen molar-refractivity contribution in [2.75, 3.05) is 19.7 Å². The van der Waals surface area contributed by atoms with E-state index in [1.165, 1.54) is 0 Å². The molecule has 0 saturated carbocycles. The number of carbonyl (C=O) groups is 3. The molecule has 0 aliphatic carbocycles. The third-order valence-electron chi connectivity index (χ3n) is 4.76. The molecule has 0 radical (unpaired) electrons. The highest BCUT2D eigenvalue weighted by atomic mass is 35.5. The number of likely N-dealkylation sites (tertiary alicyclic amines) is 1. The monoisotopic (exact) mass is 394 g/mol. The first-order valence-corrected chi connectivity index (χ1v) is 9.73. The fourth-order valence-electron chi connectivity index (χ4n) is 3.13. The standard InChI is InChI=1S/C20H27ClN2O4/c1-4-27-19(25)15-9-11-23(12-10-15)20(26)22-17(13(2)3)18(24)14-5-7-16(21)8-6-14/h5-8,13,15,17H,4,9-12H2,1-3H3,(H,22,26). The first kappa shape index (κ1) is 21.2. The topological polar surface area (TPSA) is 75.7 Å². The average molecular weight is 395 g/mol. The summed E-state index contributed by atoms with van der Waals surface area (Å²) in [4.78, 5) is 38.9. The number of nitrogens with one attached hydrogen (secondary N) is 1. The van der Waals surface area contributed by atoms with Crippen LogP contribution < -0.4 is 5.32 Å². The van der Waals surface area contributed by atoms with Crippen LogP contribution in [0.5, 0.6) is 0 Å². The number of Topliss-reactive ketones (excluding diaryl/α,β-unsaturated/α-hetero) is 1. The molecule has 0 bridgehead atoms. The van der Waals surface area contributed by atoms with Crippen molar-refractivity contribution >= 4 is 29.4 Å². The molecule has 1 unspecified atom stereocenters. The lowest BCUT2D eigenvalue weighted by atomic mass is 9.94. The number of nitrogens with zero attached hydrogens (tertiary/aromatic N) is 1. The largest absolute Gasteiger partial charge is 0.466 e. The number of ether oxygens (including phenoxy) is 1. The molecule has 7 heteroatoms. The zero-order valence-electron chi connectivity index (χ0n) is 16.0. The second kappa shape index (κ2) is 9.74. The van der Waals surface area contributed by atoms with Gasteiger partial charge in [0.2, 0.25) is 0 Å². The smallest absolute Gasteiger partial charge is 0.318 e. The molecule has 2 amide bonds. The number of halogens is 1. The second-order valence-corrected chi connectivity index (χ2v) is 7.49. The van der Waals surface area contributed by atoms with Gasteiger partial charge in [-0.15, -0.1) is 0 Å². The Morgan fingerprint density at radius 3 is 2.30 bits per heavy atom. The Morgan fingerprint density at radius 2 is 1.78 bits per heavy atom. The minimum absolute atomic E-state index is 0.0609. The number of hydrogen-bond donors (Lipinski definition) is 1. The summed E-state index contributed by atoms with van der Waals surface area (Å²) in [6, 6.07) is 5.75. The van der Waals surface area contributed by atoms with E-state index in [4.69, 9.17) is 16.3 Å². The lowest BCUT2D eigenvalue weighted by Crippen LogP contribution is -2.52. The first-order valence-electron chi connectivity index (χ1n) is 9.35. The summed E-state index contributed by atoms with van der Waals surface area (Å²) in [5.74, 6) is -0.563. The van der Waals surface area contributed by atoms with Gasteiger partial charge in [0.25, 0.3) is 0 Å². The number of ketones is 1. The summed E-state index contributed by atoms with van der Waals surface area (Å²) >= 11 is 5.88. The van der Waals surface area contributed by atoms with Gasteiger partial charge in [-0.1, -0.05) is 25.4 Å². The molecule has 1 aromatic rings. The van der Waals surface area contributed by atoms with Crippen LogP contribution >= 0.6 is 11.6 Å². The van der Waals surface area contributed by atoms with Crippen molar-refractivity contribution in [3.05, 3.63) is 34.9 Å². The molecule has 0 aromatic heterocycles. The molecule has 27 heavy (non-hydrogen) atoms. The SMILES string of the molecule is CCOC(=O)C1CCN(C(=O)NC(C(=O)c2ccc(Cl)cc2)C(C)C)CC1. The Bertz CT molecular complexity index is 667. The normalized spacial score (nSPS) is 16.1. The van der Waals surface area contributed by atoms with Crippen LogP contribution in [0.4, 0.5) is 4.79 Å². The zero-order valence-corrected chi connectivity index (χ0v) is 16.8. The molecule has 1 aliphatic rings. The van der Waals surface area contributed by atoms with E-state index in [1.54, 1.807) is 36.1 Å². The Morgan fingerprint density at radius 1 is 1.19 bits per heavy atom. The number of hydrogen-bond acceptors (Lipinski definition) is 4. The molecular weight excluding hydrogens is 368 g/mol. The van der Waals surface area contributed by atoms with Gasteiger partial charge in [-0.2, -0.15) is 0 Å². The molecular formula is C20H27ClN2O4. The molecule has 0 spiro atoms. The molecule has 1 fully saturated rings. The molecule has 148 valence electrons. The summed E-state index contributed by atoms with van der Waals surface area (Å²) in [6.07, 6.45) is 1.15. The number of amides is 2. The minimum atomic E-state index is -0.624. The average Bonchev–Trinajstić information content (AvgIpc) is 2.66. The Labute approximate surface area is 165 Å². The number of urea groups is 1. The van der Waals surface area contributed by atoms with Crippen molar-refractivity contribution in [2.45, 2.75) is 39.7 Å². The van der Waals surface area contributed by atoms with Crippen molar-refractivity contribution < 1.29 is 19.1 Å². The third kappa shape index (κ3) is 5.70. The third-order valence-corrected chi connectivity index (χ3v) is 5.01. The van der Waals surface area contributed by atoms with Crippen molar-refractivity contribution in [1.29, 1.82) is 0 Å². The lowest BCUT2D eigenvalue weighted by Gasteiger charge is -2.32. The van der Waals surface area contributed by atoms with E-state index in [0.29, 0.717) is 43.1 Å². The van der Waals surface area contributed by atoms with Crippen LogP contribution in [-0.2, 0) is 9.53 Å². The molecule has 1 aromatic carbocycles. The van der Waals surface area contributed by atoms with Crippen LogP contribution in [0.1, 0.15) is 44.0 Å². The van der Waals surface area contributed by atoms with Gasteiger partial charge in [-0.3, -0.25) is 9.59 Å². The van der Waals surface area contributed by atoms with Crippen molar-refractivity contribution in [3.63, 3.8) is 0 Å². The van der Waals surface area contributed by atoms with E-state index in [0.717, 1.165) is 0 Å². The fraction of sp³-hybridized carbons (Fsp3) is 0.550. The lowest BCUT2D eigenvalue weighted by molar-refractivity contribution is -0.149. The van der Waals surface area contributed by atoms with Gasteiger partial charge in [0.1, 0.15) is 0 Å². The highest BCUT2D eigenvalue weighted by molar-refractivity contribution is 6.30. The highest BCUT2D eigenvalue weighted by Gasteiger charge is 2.31. The van der Waals surface area contributed by atoms with Crippen LogP contribution in [-0.4, -0.2) is 48.4 Å². The van der Waals surface area contributed by atoms with Crippen LogP contribution in [0.15, 0.2) is 24.3 Å². The number of benzene rings is 1. The van der Waals surface area contributed by atoms with E-state index in [9.17, 15) is 14.4 Å². The van der Waals surface area contributed by atoms with Crippen molar-refractivity contribution in [3.8, 4) is 0 Å².